The molecule has 4 rings (SSSR count). The summed E-state index contributed by atoms with van der Waals surface area (Å²) >= 11 is 6.05. The summed E-state index contributed by atoms with van der Waals surface area (Å²) in [6.07, 6.45) is 6.51. The van der Waals surface area contributed by atoms with Crippen molar-refractivity contribution >= 4 is 17.5 Å². The number of benzene rings is 1. The molecule has 3 heterocycles. The molecule has 1 aromatic carbocycles. The fourth-order valence-corrected chi connectivity index (χ4v) is 4.01. The summed E-state index contributed by atoms with van der Waals surface area (Å²) in [5, 5.41) is 9.44. The van der Waals surface area contributed by atoms with Crippen molar-refractivity contribution in [2.24, 2.45) is 0 Å². The Morgan fingerprint density at radius 1 is 1.12 bits per heavy atom. The van der Waals surface area contributed by atoms with Crippen LogP contribution < -0.4 is 0 Å². The minimum Gasteiger partial charge on any atom is -0.328 e. The lowest BCUT2D eigenvalue weighted by atomic mass is 10.1. The minimum absolute atomic E-state index is 0.0239. The van der Waals surface area contributed by atoms with Gasteiger partial charge in [-0.1, -0.05) is 24.1 Å². The average molecular weight is 345 g/mol. The molecule has 2 aliphatic heterocycles. The molecule has 0 aliphatic carbocycles. The molecule has 0 spiro atoms. The zero-order valence-electron chi connectivity index (χ0n) is 13.6. The monoisotopic (exact) mass is 344 g/mol. The molecule has 1 amide bonds. The number of amides is 1. The van der Waals surface area contributed by atoms with Crippen LogP contribution in [0.1, 0.15) is 60.2 Å². The molecule has 24 heavy (non-hydrogen) atoms. The summed E-state index contributed by atoms with van der Waals surface area (Å²) in [7, 11) is 0. The second-order valence-corrected chi connectivity index (χ2v) is 7.04. The zero-order valence-corrected chi connectivity index (χ0v) is 14.4. The van der Waals surface area contributed by atoms with Gasteiger partial charge < -0.3 is 9.47 Å². The average Bonchev–Trinajstić information content (AvgIpc) is 3.15. The maximum atomic E-state index is 13.0. The van der Waals surface area contributed by atoms with Gasteiger partial charge in [0, 0.05) is 30.1 Å². The van der Waals surface area contributed by atoms with Crippen molar-refractivity contribution in [2.75, 3.05) is 6.54 Å². The third kappa shape index (κ3) is 2.81. The Labute approximate surface area is 146 Å². The van der Waals surface area contributed by atoms with Gasteiger partial charge in [-0.05, 0) is 43.9 Å². The van der Waals surface area contributed by atoms with Crippen LogP contribution in [0.15, 0.2) is 24.3 Å². The fourth-order valence-electron chi connectivity index (χ4n) is 3.82. The standard InChI is InChI=1S/C18H21ClN4O/c19-14-7-4-6-13(12-14)18(24)22-11-5-8-15(22)17-21-20-16-9-2-1-3-10-23(16)17/h4,6-7,12,15H,1-3,5,8-11H2. The number of carbonyl (C=O) groups is 1. The molecule has 1 unspecified atom stereocenters. The molecule has 2 aromatic rings. The summed E-state index contributed by atoms with van der Waals surface area (Å²) in [6, 6.07) is 7.20. The normalized spacial score (nSPS) is 20.7. The van der Waals surface area contributed by atoms with Gasteiger partial charge in [0.05, 0.1) is 6.04 Å². The van der Waals surface area contributed by atoms with E-state index in [2.05, 4.69) is 14.8 Å². The lowest BCUT2D eigenvalue weighted by Crippen LogP contribution is -2.32. The summed E-state index contributed by atoms with van der Waals surface area (Å²) in [4.78, 5) is 14.9. The Bertz CT molecular complexity index is 757. The molecule has 6 heteroatoms. The van der Waals surface area contributed by atoms with Gasteiger partial charge in [0.15, 0.2) is 5.82 Å². The number of likely N-dealkylation sites (tertiary alicyclic amines) is 1. The molecule has 0 bridgehead atoms. The summed E-state index contributed by atoms with van der Waals surface area (Å²) in [6.45, 7) is 1.73. The van der Waals surface area contributed by atoms with Gasteiger partial charge >= 0.3 is 0 Å². The predicted octanol–water partition coefficient (Wildman–Crippen LogP) is 3.64. The van der Waals surface area contributed by atoms with Crippen LogP contribution in [0.4, 0.5) is 0 Å². The molecule has 126 valence electrons. The lowest BCUT2D eigenvalue weighted by Gasteiger charge is -2.25. The van der Waals surface area contributed by atoms with Gasteiger partial charge in [0.25, 0.3) is 5.91 Å². The van der Waals surface area contributed by atoms with Crippen LogP contribution in [0.3, 0.4) is 0 Å². The van der Waals surface area contributed by atoms with Crippen molar-refractivity contribution < 1.29 is 4.79 Å². The molecule has 0 saturated carbocycles. The van der Waals surface area contributed by atoms with E-state index in [4.69, 9.17) is 11.6 Å². The number of carbonyl (C=O) groups excluding carboxylic acids is 1. The number of hydrogen-bond donors (Lipinski definition) is 0. The van der Waals surface area contributed by atoms with Crippen LogP contribution in [0.2, 0.25) is 5.02 Å². The largest absolute Gasteiger partial charge is 0.328 e. The highest BCUT2D eigenvalue weighted by Crippen LogP contribution is 2.33. The van der Waals surface area contributed by atoms with Gasteiger partial charge in [0.2, 0.25) is 0 Å². The quantitative estimate of drug-likeness (QED) is 0.835. The molecule has 1 aromatic heterocycles. The Kier molecular flexibility index (Phi) is 4.27. The molecular formula is C18H21ClN4O. The highest BCUT2D eigenvalue weighted by atomic mass is 35.5. The highest BCUT2D eigenvalue weighted by molar-refractivity contribution is 6.30. The Morgan fingerprint density at radius 2 is 2.04 bits per heavy atom. The van der Waals surface area contributed by atoms with E-state index in [9.17, 15) is 4.79 Å². The van der Waals surface area contributed by atoms with Crippen LogP contribution in [-0.2, 0) is 13.0 Å². The van der Waals surface area contributed by atoms with E-state index in [1.165, 1.54) is 12.8 Å². The lowest BCUT2D eigenvalue weighted by molar-refractivity contribution is 0.0727. The first-order valence-electron chi connectivity index (χ1n) is 8.72. The van der Waals surface area contributed by atoms with Gasteiger partial charge in [-0.15, -0.1) is 10.2 Å². The van der Waals surface area contributed by atoms with Crippen LogP contribution in [0.25, 0.3) is 0 Å². The summed E-state index contributed by atoms with van der Waals surface area (Å²) in [5.41, 5.74) is 0.644. The van der Waals surface area contributed by atoms with Crippen molar-refractivity contribution in [2.45, 2.75) is 51.1 Å². The van der Waals surface area contributed by atoms with E-state index < -0.39 is 0 Å². The number of aromatic nitrogens is 3. The van der Waals surface area contributed by atoms with Gasteiger partial charge in [-0.3, -0.25) is 4.79 Å². The first-order valence-corrected chi connectivity index (χ1v) is 9.10. The van der Waals surface area contributed by atoms with Crippen LogP contribution in [0.5, 0.6) is 0 Å². The van der Waals surface area contributed by atoms with Crippen LogP contribution in [0, 0.1) is 0 Å². The second-order valence-electron chi connectivity index (χ2n) is 6.60. The van der Waals surface area contributed by atoms with E-state index in [-0.39, 0.29) is 11.9 Å². The van der Waals surface area contributed by atoms with Crippen molar-refractivity contribution in [1.82, 2.24) is 19.7 Å². The van der Waals surface area contributed by atoms with Crippen LogP contribution >= 0.6 is 11.6 Å². The number of halogens is 1. The second kappa shape index (κ2) is 6.55. The molecule has 1 atom stereocenters. The zero-order chi connectivity index (χ0) is 16.5. The minimum atomic E-state index is 0.0239. The molecule has 0 N–H and O–H groups in total. The number of fused-ring (bicyclic) bond motifs is 1. The van der Waals surface area contributed by atoms with E-state index in [1.54, 1.807) is 12.1 Å². The molecular weight excluding hydrogens is 324 g/mol. The third-order valence-corrected chi connectivity index (χ3v) is 5.26. The summed E-state index contributed by atoms with van der Waals surface area (Å²) in [5.74, 6) is 2.07. The van der Waals surface area contributed by atoms with Crippen LogP contribution in [-0.4, -0.2) is 32.1 Å². The smallest absolute Gasteiger partial charge is 0.254 e. The molecule has 1 saturated heterocycles. The third-order valence-electron chi connectivity index (χ3n) is 5.02. The highest BCUT2D eigenvalue weighted by Gasteiger charge is 2.34. The predicted molar refractivity (Wildman–Crippen MR) is 92.0 cm³/mol. The van der Waals surface area contributed by atoms with E-state index in [0.717, 1.165) is 50.4 Å². The Morgan fingerprint density at radius 3 is 2.92 bits per heavy atom. The molecule has 1 fully saturated rings. The first kappa shape index (κ1) is 15.6. The van der Waals surface area contributed by atoms with Crippen molar-refractivity contribution in [3.05, 3.63) is 46.5 Å². The Balaban J connectivity index is 1.64. The fraction of sp³-hybridized carbons (Fsp3) is 0.500. The van der Waals surface area contributed by atoms with Gasteiger partial charge in [0.1, 0.15) is 5.82 Å². The maximum absolute atomic E-state index is 13.0. The maximum Gasteiger partial charge on any atom is 0.254 e. The van der Waals surface area contributed by atoms with E-state index in [1.807, 2.05) is 17.0 Å². The van der Waals surface area contributed by atoms with Gasteiger partial charge in [-0.25, -0.2) is 0 Å². The first-order chi connectivity index (χ1) is 11.7. The van der Waals surface area contributed by atoms with Crippen molar-refractivity contribution in [3.8, 4) is 0 Å². The summed E-state index contributed by atoms with van der Waals surface area (Å²) < 4.78 is 2.25. The van der Waals surface area contributed by atoms with E-state index >= 15 is 0 Å². The van der Waals surface area contributed by atoms with Gasteiger partial charge in [-0.2, -0.15) is 0 Å². The molecule has 0 radical (unpaired) electrons. The number of hydrogen-bond acceptors (Lipinski definition) is 3. The van der Waals surface area contributed by atoms with Crippen molar-refractivity contribution in [3.63, 3.8) is 0 Å². The number of aryl methyl sites for hydroxylation is 1. The number of rotatable bonds is 2. The Hall–Kier alpha value is -1.88. The van der Waals surface area contributed by atoms with E-state index in [0.29, 0.717) is 10.6 Å². The SMILES string of the molecule is O=C(c1cccc(Cl)c1)N1CCCC1c1nnc2n1CCCCC2. The number of nitrogens with zero attached hydrogens (tertiary/aromatic N) is 4. The molecule has 5 nitrogen and oxygen atoms in total. The molecule has 2 aliphatic rings. The topological polar surface area (TPSA) is 51.0 Å². The van der Waals surface area contributed by atoms with Crippen molar-refractivity contribution in [1.29, 1.82) is 0 Å².